The van der Waals surface area contributed by atoms with Gasteiger partial charge < -0.3 is 14.6 Å². The topological polar surface area (TPSA) is 75.4 Å². The summed E-state index contributed by atoms with van der Waals surface area (Å²) in [5.74, 6) is 0.724. The van der Waals surface area contributed by atoms with E-state index in [9.17, 15) is 9.59 Å². The van der Waals surface area contributed by atoms with E-state index in [1.807, 2.05) is 16.8 Å². The number of amides is 2. The van der Waals surface area contributed by atoms with Crippen molar-refractivity contribution in [2.24, 2.45) is 0 Å². The smallest absolute Gasteiger partial charge is 0.244 e. The fraction of sp³-hybridized carbons (Fsp3) is 0.400. The second-order valence-electron chi connectivity index (χ2n) is 5.23. The van der Waals surface area contributed by atoms with Crippen LogP contribution in [0.4, 0.5) is 0 Å². The van der Waals surface area contributed by atoms with Gasteiger partial charge in [0.15, 0.2) is 0 Å². The number of hydrogen-bond acceptors (Lipinski definition) is 5. The van der Waals surface area contributed by atoms with Gasteiger partial charge in [-0.2, -0.15) is 11.3 Å². The number of rotatable bonds is 5. The zero-order valence-electron chi connectivity index (χ0n) is 13.0. The Morgan fingerprint density at radius 3 is 2.77 bits per heavy atom. The number of hydrogen-bond donors (Lipinski definition) is 1. The minimum atomic E-state index is -0.564. The summed E-state index contributed by atoms with van der Waals surface area (Å²) in [6, 6.07) is 1.35. The van der Waals surface area contributed by atoms with Crippen LogP contribution < -0.4 is 5.32 Å². The Balaban J connectivity index is 2.02. The normalized spacial score (nSPS) is 12.0. The first-order valence-corrected chi connectivity index (χ1v) is 7.82. The van der Waals surface area contributed by atoms with Crippen LogP contribution in [0.2, 0.25) is 0 Å². The molecule has 0 aliphatic carbocycles. The second-order valence-corrected chi connectivity index (χ2v) is 6.01. The van der Waals surface area contributed by atoms with Crippen molar-refractivity contribution in [3.8, 4) is 11.5 Å². The predicted octanol–water partition coefficient (Wildman–Crippen LogP) is 1.85. The SMILES string of the molecule is Cc1oc(-c2ccsc2)nc1CC(=O)N[C@@H](C)C(=O)N(C)C. The highest BCUT2D eigenvalue weighted by atomic mass is 32.1. The van der Waals surface area contributed by atoms with Crippen LogP contribution in [0.1, 0.15) is 18.4 Å². The number of aromatic nitrogens is 1. The lowest BCUT2D eigenvalue weighted by molar-refractivity contribution is -0.133. The largest absolute Gasteiger partial charge is 0.441 e. The van der Waals surface area contributed by atoms with Crippen LogP contribution in [-0.4, -0.2) is 41.8 Å². The lowest BCUT2D eigenvalue weighted by Crippen LogP contribution is -2.44. The van der Waals surface area contributed by atoms with Crippen LogP contribution in [0, 0.1) is 6.92 Å². The number of carbonyl (C=O) groups excluding carboxylic acids is 2. The summed E-state index contributed by atoms with van der Waals surface area (Å²) in [5, 5.41) is 6.55. The van der Waals surface area contributed by atoms with Gasteiger partial charge in [-0.25, -0.2) is 4.98 Å². The zero-order valence-corrected chi connectivity index (χ0v) is 13.9. The molecular weight excluding hydrogens is 302 g/mol. The molecule has 0 aromatic carbocycles. The van der Waals surface area contributed by atoms with Gasteiger partial charge in [-0.3, -0.25) is 9.59 Å². The van der Waals surface area contributed by atoms with Gasteiger partial charge >= 0.3 is 0 Å². The molecule has 0 spiro atoms. The van der Waals surface area contributed by atoms with Gasteiger partial charge in [0.05, 0.1) is 12.1 Å². The highest BCUT2D eigenvalue weighted by Crippen LogP contribution is 2.23. The van der Waals surface area contributed by atoms with Gasteiger partial charge in [0.25, 0.3) is 0 Å². The van der Waals surface area contributed by atoms with Crippen molar-refractivity contribution in [2.45, 2.75) is 26.3 Å². The molecule has 0 saturated heterocycles. The molecular formula is C15H19N3O3S. The third-order valence-electron chi connectivity index (χ3n) is 3.18. The maximum atomic E-state index is 12.0. The number of likely N-dealkylation sites (N-methyl/N-ethyl adjacent to an activating group) is 1. The molecule has 0 radical (unpaired) electrons. The number of oxazole rings is 1. The number of thiophene rings is 1. The van der Waals surface area contributed by atoms with E-state index < -0.39 is 6.04 Å². The van der Waals surface area contributed by atoms with Crippen molar-refractivity contribution in [1.82, 2.24) is 15.2 Å². The van der Waals surface area contributed by atoms with Gasteiger partial charge in [0.2, 0.25) is 17.7 Å². The van der Waals surface area contributed by atoms with Crippen molar-refractivity contribution in [1.29, 1.82) is 0 Å². The lowest BCUT2D eigenvalue weighted by Gasteiger charge is -2.17. The molecule has 118 valence electrons. The molecule has 7 heteroatoms. The molecule has 2 rings (SSSR count). The minimum Gasteiger partial charge on any atom is -0.441 e. The Morgan fingerprint density at radius 1 is 1.45 bits per heavy atom. The molecule has 2 aromatic rings. The molecule has 0 fully saturated rings. The molecule has 1 atom stereocenters. The number of carbonyl (C=O) groups is 2. The van der Waals surface area contributed by atoms with E-state index in [0.717, 1.165) is 5.56 Å². The summed E-state index contributed by atoms with van der Waals surface area (Å²) in [4.78, 5) is 29.6. The molecule has 0 unspecified atom stereocenters. The Kier molecular flexibility index (Phi) is 4.97. The molecule has 2 aromatic heterocycles. The highest BCUT2D eigenvalue weighted by Gasteiger charge is 2.19. The van der Waals surface area contributed by atoms with Crippen LogP contribution in [0.3, 0.4) is 0 Å². The summed E-state index contributed by atoms with van der Waals surface area (Å²) < 4.78 is 5.59. The maximum absolute atomic E-state index is 12.0. The second kappa shape index (κ2) is 6.74. The van der Waals surface area contributed by atoms with E-state index in [-0.39, 0.29) is 18.2 Å². The van der Waals surface area contributed by atoms with E-state index in [4.69, 9.17) is 4.42 Å². The van der Waals surface area contributed by atoms with Crippen LogP contribution in [0.25, 0.3) is 11.5 Å². The van der Waals surface area contributed by atoms with E-state index in [1.54, 1.807) is 39.3 Å². The molecule has 22 heavy (non-hydrogen) atoms. The van der Waals surface area contributed by atoms with Gasteiger partial charge in [-0.15, -0.1) is 0 Å². The van der Waals surface area contributed by atoms with E-state index in [0.29, 0.717) is 17.3 Å². The molecule has 0 saturated carbocycles. The van der Waals surface area contributed by atoms with Crippen molar-refractivity contribution < 1.29 is 14.0 Å². The van der Waals surface area contributed by atoms with Crippen molar-refractivity contribution in [3.05, 3.63) is 28.3 Å². The monoisotopic (exact) mass is 321 g/mol. The quantitative estimate of drug-likeness (QED) is 0.912. The van der Waals surface area contributed by atoms with Gasteiger partial charge in [0, 0.05) is 25.0 Å². The van der Waals surface area contributed by atoms with Crippen molar-refractivity contribution in [3.63, 3.8) is 0 Å². The van der Waals surface area contributed by atoms with Crippen molar-refractivity contribution >= 4 is 23.2 Å². The van der Waals surface area contributed by atoms with E-state index in [2.05, 4.69) is 10.3 Å². The van der Waals surface area contributed by atoms with E-state index >= 15 is 0 Å². The van der Waals surface area contributed by atoms with Gasteiger partial charge in [0.1, 0.15) is 11.8 Å². The Morgan fingerprint density at radius 2 is 2.18 bits per heavy atom. The Bertz CT molecular complexity index is 662. The number of nitrogens with zero attached hydrogens (tertiary/aromatic N) is 2. The van der Waals surface area contributed by atoms with Crippen LogP contribution in [0.15, 0.2) is 21.2 Å². The number of nitrogens with one attached hydrogen (secondary N) is 1. The zero-order chi connectivity index (χ0) is 16.3. The van der Waals surface area contributed by atoms with E-state index in [1.165, 1.54) is 4.90 Å². The lowest BCUT2D eigenvalue weighted by atomic mass is 10.2. The molecule has 1 N–H and O–H groups in total. The Hall–Kier alpha value is -2.15. The standard InChI is InChI=1S/C15H19N3O3S/c1-9(15(20)18(3)4)16-13(19)7-12-10(2)21-14(17-12)11-5-6-22-8-11/h5-6,8-9H,7H2,1-4H3,(H,16,19)/t9-/m0/s1. The number of aryl methyl sites for hydroxylation is 1. The third kappa shape index (κ3) is 3.73. The average molecular weight is 321 g/mol. The summed E-state index contributed by atoms with van der Waals surface area (Å²) in [6.07, 6.45) is 0.0878. The average Bonchev–Trinajstić information content (AvgIpc) is 3.08. The van der Waals surface area contributed by atoms with Gasteiger partial charge in [-0.1, -0.05) is 0 Å². The van der Waals surface area contributed by atoms with Crippen LogP contribution in [-0.2, 0) is 16.0 Å². The van der Waals surface area contributed by atoms with Gasteiger partial charge in [-0.05, 0) is 25.3 Å². The molecule has 0 bridgehead atoms. The van der Waals surface area contributed by atoms with Crippen molar-refractivity contribution in [2.75, 3.05) is 14.1 Å². The molecule has 0 aliphatic rings. The molecule has 6 nitrogen and oxygen atoms in total. The molecule has 0 aliphatic heterocycles. The molecule has 2 amide bonds. The summed E-state index contributed by atoms with van der Waals surface area (Å²) in [5.41, 5.74) is 1.49. The summed E-state index contributed by atoms with van der Waals surface area (Å²) in [6.45, 7) is 3.44. The fourth-order valence-electron chi connectivity index (χ4n) is 2.00. The fourth-order valence-corrected chi connectivity index (χ4v) is 2.63. The maximum Gasteiger partial charge on any atom is 0.244 e. The minimum absolute atomic E-state index is 0.0878. The first kappa shape index (κ1) is 16.2. The van der Waals surface area contributed by atoms with Crippen LogP contribution >= 0.6 is 11.3 Å². The Labute approximate surface area is 133 Å². The predicted molar refractivity (Wildman–Crippen MR) is 84.6 cm³/mol. The third-order valence-corrected chi connectivity index (χ3v) is 3.86. The first-order valence-electron chi connectivity index (χ1n) is 6.88. The highest BCUT2D eigenvalue weighted by molar-refractivity contribution is 7.08. The first-order chi connectivity index (χ1) is 10.4. The van der Waals surface area contributed by atoms with Crippen LogP contribution in [0.5, 0.6) is 0 Å². The molecule has 2 heterocycles. The summed E-state index contributed by atoms with van der Waals surface area (Å²) in [7, 11) is 3.31. The summed E-state index contributed by atoms with van der Waals surface area (Å²) >= 11 is 1.56.